The lowest BCUT2D eigenvalue weighted by molar-refractivity contribution is -0.145. The number of carboxylic acid groups (broad SMARTS) is 1. The zero-order valence-electron chi connectivity index (χ0n) is 23.1. The van der Waals surface area contributed by atoms with E-state index < -0.39 is 57.5 Å². The van der Waals surface area contributed by atoms with Gasteiger partial charge in [-0.2, -0.15) is 0 Å². The van der Waals surface area contributed by atoms with E-state index in [1.165, 1.54) is 12.1 Å². The maximum absolute atomic E-state index is 13.5. The first kappa shape index (κ1) is 33.5. The van der Waals surface area contributed by atoms with E-state index in [1.807, 2.05) is 6.92 Å². The number of amides is 2. The second-order valence-corrected chi connectivity index (χ2v) is 12.6. The lowest BCUT2D eigenvalue weighted by Crippen LogP contribution is -2.51. The minimum atomic E-state index is -3.67. The number of aromatic hydroxyl groups is 1. The topological polar surface area (TPSA) is 202 Å². The fourth-order valence-corrected chi connectivity index (χ4v) is 5.94. The van der Waals surface area contributed by atoms with E-state index in [2.05, 4.69) is 15.4 Å². The Labute approximate surface area is 235 Å². The summed E-state index contributed by atoms with van der Waals surface area (Å²) >= 11 is 0. The highest BCUT2D eigenvalue weighted by atomic mass is 32.2. The van der Waals surface area contributed by atoms with Gasteiger partial charge in [-0.3, -0.25) is 9.59 Å². The van der Waals surface area contributed by atoms with Gasteiger partial charge in [0.05, 0.1) is 6.26 Å². The minimum Gasteiger partial charge on any atom is -0.508 e. The molecule has 40 heavy (non-hydrogen) atoms. The third kappa shape index (κ3) is 10.7. The first-order valence-electron chi connectivity index (χ1n) is 13.7. The quantitative estimate of drug-likeness (QED) is 0.103. The number of benzene rings is 1. The van der Waals surface area contributed by atoms with E-state index in [-0.39, 0.29) is 31.6 Å². The van der Waals surface area contributed by atoms with Crippen molar-refractivity contribution in [2.45, 2.75) is 89.5 Å². The molecule has 0 heterocycles. The van der Waals surface area contributed by atoms with Gasteiger partial charge < -0.3 is 31.1 Å². The maximum atomic E-state index is 13.5. The molecule has 3 atom stereocenters. The Morgan fingerprint density at radius 1 is 1.02 bits per heavy atom. The molecular weight excluding hydrogens is 542 g/mol. The fourth-order valence-electron chi connectivity index (χ4n) is 5.19. The van der Waals surface area contributed by atoms with Crippen molar-refractivity contribution in [3.63, 3.8) is 0 Å². The predicted octanol–water partition coefficient (Wildman–Crippen LogP) is 0.996. The van der Waals surface area contributed by atoms with E-state index in [9.17, 15) is 43.2 Å². The van der Waals surface area contributed by atoms with Gasteiger partial charge in [-0.25, -0.2) is 17.9 Å². The minimum absolute atomic E-state index is 0.00764. The third-order valence-electron chi connectivity index (χ3n) is 7.40. The summed E-state index contributed by atoms with van der Waals surface area (Å²) in [5.74, 6) is -3.26. The molecule has 226 valence electrons. The molecule has 13 heteroatoms. The molecular formula is C27H43N3O9S. The van der Waals surface area contributed by atoms with Gasteiger partial charge in [0.15, 0.2) is 6.29 Å². The molecule has 0 spiro atoms. The summed E-state index contributed by atoms with van der Waals surface area (Å²) in [7, 11) is -3.67. The molecule has 0 aromatic heterocycles. The van der Waals surface area contributed by atoms with Crippen LogP contribution in [0.15, 0.2) is 24.3 Å². The Bertz CT molecular complexity index is 1090. The molecule has 0 aliphatic heterocycles. The van der Waals surface area contributed by atoms with Crippen molar-refractivity contribution in [1.29, 1.82) is 0 Å². The molecule has 1 aliphatic carbocycles. The lowest BCUT2D eigenvalue weighted by Gasteiger charge is -2.34. The standard InChI is InChI=1S/C27H43N3O9S/c1-3-4-5-8-21(30-40(2,38)39)23(32)28-17-19(24(33)34)16-27(13-6-7-14-27)26(37)29-22(25(35)36)15-18-9-11-20(31)12-10-18/h9-12,19,21-22,24,30-31,33-34H,3-8,13-17H2,1-2H3,(H,28,32)(H,29,37)(H,35,36)/t19-,21?,22-/m0/s1. The van der Waals surface area contributed by atoms with Crippen LogP contribution in [0, 0.1) is 11.3 Å². The van der Waals surface area contributed by atoms with Crippen LogP contribution in [0.1, 0.15) is 70.3 Å². The smallest absolute Gasteiger partial charge is 0.326 e. The number of carbonyl (C=O) groups is 3. The number of carbonyl (C=O) groups excluding carboxylic acids is 2. The number of rotatable bonds is 17. The molecule has 1 unspecified atom stereocenters. The Balaban J connectivity index is 2.13. The third-order valence-corrected chi connectivity index (χ3v) is 8.12. The van der Waals surface area contributed by atoms with Crippen LogP contribution in [-0.2, 0) is 30.8 Å². The van der Waals surface area contributed by atoms with Gasteiger partial charge in [0, 0.05) is 24.3 Å². The number of sulfonamides is 1. The van der Waals surface area contributed by atoms with Gasteiger partial charge in [0.1, 0.15) is 17.8 Å². The summed E-state index contributed by atoms with van der Waals surface area (Å²) < 4.78 is 25.9. The number of carboxylic acids is 1. The number of hydrogen-bond acceptors (Lipinski definition) is 8. The van der Waals surface area contributed by atoms with Crippen LogP contribution in [0.5, 0.6) is 5.75 Å². The number of phenolic OH excluding ortho intramolecular Hbond substituents is 1. The van der Waals surface area contributed by atoms with E-state index in [1.54, 1.807) is 12.1 Å². The molecule has 0 saturated heterocycles. The van der Waals surface area contributed by atoms with Gasteiger partial charge in [-0.15, -0.1) is 0 Å². The number of phenols is 1. The Hall–Kier alpha value is -2.74. The van der Waals surface area contributed by atoms with E-state index in [4.69, 9.17) is 0 Å². The predicted molar refractivity (Wildman–Crippen MR) is 148 cm³/mol. The maximum Gasteiger partial charge on any atom is 0.326 e. The summed E-state index contributed by atoms with van der Waals surface area (Å²) in [6, 6.07) is 3.73. The highest BCUT2D eigenvalue weighted by Gasteiger charge is 2.45. The number of aliphatic hydroxyl groups excluding tert-OH is 1. The van der Waals surface area contributed by atoms with E-state index in [0.29, 0.717) is 37.7 Å². The van der Waals surface area contributed by atoms with Gasteiger partial charge >= 0.3 is 5.97 Å². The molecule has 2 amide bonds. The molecule has 1 fully saturated rings. The van der Waals surface area contributed by atoms with Crippen LogP contribution in [-0.4, -0.2) is 77.8 Å². The van der Waals surface area contributed by atoms with Crippen molar-refractivity contribution in [1.82, 2.24) is 15.4 Å². The van der Waals surface area contributed by atoms with Crippen molar-refractivity contribution in [2.75, 3.05) is 12.8 Å². The number of aliphatic hydroxyl groups is 2. The van der Waals surface area contributed by atoms with Crippen molar-refractivity contribution in [3.8, 4) is 5.75 Å². The normalized spacial score (nSPS) is 17.2. The molecule has 1 saturated carbocycles. The average molecular weight is 586 g/mol. The summed E-state index contributed by atoms with van der Waals surface area (Å²) in [6.45, 7) is 1.77. The monoisotopic (exact) mass is 585 g/mol. The fraction of sp³-hybridized carbons (Fsp3) is 0.667. The molecule has 1 aromatic carbocycles. The Kier molecular flexibility index (Phi) is 12.8. The van der Waals surface area contributed by atoms with Crippen LogP contribution in [0.3, 0.4) is 0 Å². The molecule has 7 N–H and O–H groups in total. The van der Waals surface area contributed by atoms with Crippen LogP contribution < -0.4 is 15.4 Å². The first-order valence-corrected chi connectivity index (χ1v) is 15.6. The highest BCUT2D eigenvalue weighted by molar-refractivity contribution is 7.88. The molecule has 1 aromatic rings. The zero-order chi connectivity index (χ0) is 29.9. The summed E-state index contributed by atoms with van der Waals surface area (Å²) in [4.78, 5) is 38.3. The largest absolute Gasteiger partial charge is 0.508 e. The van der Waals surface area contributed by atoms with Gasteiger partial charge in [0.2, 0.25) is 21.8 Å². The lowest BCUT2D eigenvalue weighted by atomic mass is 9.76. The molecule has 2 rings (SSSR count). The van der Waals surface area contributed by atoms with Crippen LogP contribution in [0.25, 0.3) is 0 Å². The van der Waals surface area contributed by atoms with Crippen molar-refractivity contribution in [3.05, 3.63) is 29.8 Å². The number of aliphatic carboxylic acids is 1. The molecule has 1 aliphatic rings. The van der Waals surface area contributed by atoms with Crippen molar-refractivity contribution >= 4 is 27.8 Å². The van der Waals surface area contributed by atoms with Crippen LogP contribution in [0.2, 0.25) is 0 Å². The zero-order valence-corrected chi connectivity index (χ0v) is 24.0. The molecule has 0 bridgehead atoms. The van der Waals surface area contributed by atoms with E-state index >= 15 is 0 Å². The number of unbranched alkanes of at least 4 members (excludes halogenated alkanes) is 2. The second kappa shape index (κ2) is 15.3. The molecule has 0 radical (unpaired) electrons. The van der Waals surface area contributed by atoms with Crippen molar-refractivity contribution in [2.24, 2.45) is 11.3 Å². The van der Waals surface area contributed by atoms with Crippen molar-refractivity contribution < 1.29 is 43.2 Å². The van der Waals surface area contributed by atoms with Gasteiger partial charge in [-0.1, -0.05) is 51.2 Å². The first-order chi connectivity index (χ1) is 18.8. The van der Waals surface area contributed by atoms with Gasteiger partial charge in [-0.05, 0) is 43.4 Å². The summed E-state index contributed by atoms with van der Waals surface area (Å²) in [5, 5.41) is 44.7. The van der Waals surface area contributed by atoms with Gasteiger partial charge in [0.25, 0.3) is 0 Å². The summed E-state index contributed by atoms with van der Waals surface area (Å²) in [6.07, 6.45) is 3.89. The Morgan fingerprint density at radius 2 is 1.65 bits per heavy atom. The number of hydrogen-bond donors (Lipinski definition) is 7. The number of nitrogens with one attached hydrogen (secondary N) is 3. The van der Waals surface area contributed by atoms with Crippen LogP contribution >= 0.6 is 0 Å². The molecule has 12 nitrogen and oxygen atoms in total. The average Bonchev–Trinajstić information content (AvgIpc) is 3.35. The highest BCUT2D eigenvalue weighted by Crippen LogP contribution is 2.44. The SMILES string of the molecule is CCCCCC(NS(C)(=O)=O)C(=O)NC[C@H](CC1(C(=O)N[C@@H](Cc2ccc(O)cc2)C(=O)O)CCCC1)C(O)O. The Morgan fingerprint density at radius 3 is 2.17 bits per heavy atom. The summed E-state index contributed by atoms with van der Waals surface area (Å²) in [5.41, 5.74) is -0.457. The second-order valence-electron chi connectivity index (χ2n) is 10.8. The van der Waals surface area contributed by atoms with Crippen LogP contribution in [0.4, 0.5) is 0 Å². The van der Waals surface area contributed by atoms with E-state index in [0.717, 1.165) is 19.1 Å².